The lowest BCUT2D eigenvalue weighted by Crippen LogP contribution is -2.42. The molecule has 2 N–H and O–H groups in total. The summed E-state index contributed by atoms with van der Waals surface area (Å²) in [6.07, 6.45) is 4.19. The molecule has 0 spiro atoms. The van der Waals surface area contributed by atoms with Gasteiger partial charge in [0.25, 0.3) is 0 Å². The first kappa shape index (κ1) is 15.0. The Bertz CT molecular complexity index is 312. The SMILES string of the molecule is CCC(C)(C)CNC(=O)C1CCCCC1C(=O)O. The van der Waals surface area contributed by atoms with Crippen molar-refractivity contribution in [3.05, 3.63) is 0 Å². The summed E-state index contributed by atoms with van der Waals surface area (Å²) < 4.78 is 0. The fourth-order valence-corrected chi connectivity index (χ4v) is 2.32. The minimum atomic E-state index is -0.829. The average Bonchev–Trinajstić information content (AvgIpc) is 2.36. The maximum Gasteiger partial charge on any atom is 0.307 e. The molecule has 1 aliphatic carbocycles. The van der Waals surface area contributed by atoms with Crippen LogP contribution in [-0.4, -0.2) is 23.5 Å². The fourth-order valence-electron chi connectivity index (χ4n) is 2.32. The normalized spacial score (nSPS) is 24.6. The second-order valence-electron chi connectivity index (χ2n) is 6.07. The van der Waals surface area contributed by atoms with E-state index in [2.05, 4.69) is 26.1 Å². The molecule has 0 saturated heterocycles. The summed E-state index contributed by atoms with van der Waals surface area (Å²) in [4.78, 5) is 23.2. The Morgan fingerprint density at radius 3 is 2.28 bits per heavy atom. The fraction of sp³-hybridized carbons (Fsp3) is 0.857. The van der Waals surface area contributed by atoms with E-state index in [1.807, 2.05) is 0 Å². The molecule has 0 aromatic heterocycles. The molecule has 4 nitrogen and oxygen atoms in total. The number of hydrogen-bond donors (Lipinski definition) is 2. The number of rotatable bonds is 5. The first-order chi connectivity index (χ1) is 8.37. The summed E-state index contributed by atoms with van der Waals surface area (Å²) in [6.45, 7) is 6.91. The van der Waals surface area contributed by atoms with Gasteiger partial charge in [0.1, 0.15) is 0 Å². The number of carboxylic acids is 1. The number of carboxylic acid groups (broad SMARTS) is 1. The van der Waals surface area contributed by atoms with Crippen molar-refractivity contribution in [1.29, 1.82) is 0 Å². The zero-order chi connectivity index (χ0) is 13.8. The number of hydrogen-bond acceptors (Lipinski definition) is 2. The van der Waals surface area contributed by atoms with Crippen LogP contribution in [0.15, 0.2) is 0 Å². The number of amides is 1. The third-order valence-corrected chi connectivity index (χ3v) is 4.12. The van der Waals surface area contributed by atoms with Gasteiger partial charge in [0.05, 0.1) is 11.8 Å². The van der Waals surface area contributed by atoms with Crippen molar-refractivity contribution in [3.63, 3.8) is 0 Å². The lowest BCUT2D eigenvalue weighted by molar-refractivity contribution is -0.149. The molecule has 1 saturated carbocycles. The average molecular weight is 255 g/mol. The number of nitrogens with one attached hydrogen (secondary N) is 1. The van der Waals surface area contributed by atoms with Crippen molar-refractivity contribution < 1.29 is 14.7 Å². The maximum atomic E-state index is 12.1. The molecule has 18 heavy (non-hydrogen) atoms. The monoisotopic (exact) mass is 255 g/mol. The molecule has 0 aromatic carbocycles. The standard InChI is InChI=1S/C14H25NO3/c1-4-14(2,3)9-15-12(16)10-7-5-6-8-11(10)13(17)18/h10-11H,4-9H2,1-3H3,(H,15,16)(H,17,18). The predicted molar refractivity (Wildman–Crippen MR) is 70.2 cm³/mol. The van der Waals surface area contributed by atoms with Gasteiger partial charge in [-0.25, -0.2) is 0 Å². The Kier molecular flexibility index (Phi) is 5.17. The van der Waals surface area contributed by atoms with E-state index in [4.69, 9.17) is 5.11 Å². The zero-order valence-corrected chi connectivity index (χ0v) is 11.7. The molecule has 0 radical (unpaired) electrons. The Hall–Kier alpha value is -1.06. The molecule has 0 heterocycles. The largest absolute Gasteiger partial charge is 0.481 e. The lowest BCUT2D eigenvalue weighted by atomic mass is 9.78. The molecule has 1 amide bonds. The van der Waals surface area contributed by atoms with Crippen molar-refractivity contribution in [3.8, 4) is 0 Å². The molecule has 104 valence electrons. The second kappa shape index (κ2) is 6.21. The van der Waals surface area contributed by atoms with Gasteiger partial charge in [0, 0.05) is 6.54 Å². The van der Waals surface area contributed by atoms with Crippen LogP contribution < -0.4 is 5.32 Å². The molecule has 0 aromatic rings. The highest BCUT2D eigenvalue weighted by Crippen LogP contribution is 2.30. The first-order valence-electron chi connectivity index (χ1n) is 6.88. The molecule has 1 fully saturated rings. The van der Waals surface area contributed by atoms with Gasteiger partial charge in [-0.2, -0.15) is 0 Å². The van der Waals surface area contributed by atoms with Crippen LogP contribution in [0.4, 0.5) is 0 Å². The Morgan fingerprint density at radius 2 is 1.78 bits per heavy atom. The van der Waals surface area contributed by atoms with Crippen molar-refractivity contribution in [2.24, 2.45) is 17.3 Å². The van der Waals surface area contributed by atoms with E-state index in [1.54, 1.807) is 0 Å². The quantitative estimate of drug-likeness (QED) is 0.793. The highest BCUT2D eigenvalue weighted by Gasteiger charge is 2.35. The number of carbonyl (C=O) groups excluding carboxylic acids is 1. The van der Waals surface area contributed by atoms with Gasteiger partial charge in [-0.05, 0) is 24.7 Å². The van der Waals surface area contributed by atoms with E-state index in [-0.39, 0.29) is 17.2 Å². The Labute approximate surface area is 109 Å². The van der Waals surface area contributed by atoms with Gasteiger partial charge in [-0.3, -0.25) is 9.59 Å². The molecule has 0 bridgehead atoms. The van der Waals surface area contributed by atoms with E-state index in [0.717, 1.165) is 19.3 Å². The van der Waals surface area contributed by atoms with E-state index in [1.165, 1.54) is 0 Å². The van der Waals surface area contributed by atoms with Crippen LogP contribution in [0, 0.1) is 17.3 Å². The van der Waals surface area contributed by atoms with E-state index >= 15 is 0 Å². The maximum absolute atomic E-state index is 12.1. The minimum Gasteiger partial charge on any atom is -0.481 e. The highest BCUT2D eigenvalue weighted by atomic mass is 16.4. The van der Waals surface area contributed by atoms with E-state index in [9.17, 15) is 9.59 Å². The smallest absolute Gasteiger partial charge is 0.307 e. The molecule has 1 rings (SSSR count). The van der Waals surface area contributed by atoms with Crippen LogP contribution >= 0.6 is 0 Å². The summed E-state index contributed by atoms with van der Waals surface area (Å²) >= 11 is 0. The summed E-state index contributed by atoms with van der Waals surface area (Å²) in [5, 5.41) is 12.1. The van der Waals surface area contributed by atoms with Crippen LogP contribution in [0.5, 0.6) is 0 Å². The molecule has 4 heteroatoms. The van der Waals surface area contributed by atoms with Crippen LogP contribution in [-0.2, 0) is 9.59 Å². The van der Waals surface area contributed by atoms with Gasteiger partial charge in [0.15, 0.2) is 0 Å². The molecule has 2 atom stereocenters. The Balaban J connectivity index is 2.56. The summed E-state index contributed by atoms with van der Waals surface area (Å²) in [7, 11) is 0. The zero-order valence-electron chi connectivity index (χ0n) is 11.7. The summed E-state index contributed by atoms with van der Waals surface area (Å²) in [5.41, 5.74) is 0.0725. The first-order valence-corrected chi connectivity index (χ1v) is 6.88. The van der Waals surface area contributed by atoms with Crippen molar-refractivity contribution in [2.45, 2.75) is 52.9 Å². The lowest BCUT2D eigenvalue weighted by Gasteiger charge is -2.29. The number of carbonyl (C=O) groups is 2. The van der Waals surface area contributed by atoms with Gasteiger partial charge in [-0.15, -0.1) is 0 Å². The van der Waals surface area contributed by atoms with Crippen molar-refractivity contribution in [2.75, 3.05) is 6.54 Å². The Morgan fingerprint density at radius 1 is 1.22 bits per heavy atom. The van der Waals surface area contributed by atoms with Gasteiger partial charge < -0.3 is 10.4 Å². The van der Waals surface area contributed by atoms with Gasteiger partial charge >= 0.3 is 5.97 Å². The molecular formula is C14H25NO3. The number of aliphatic carboxylic acids is 1. The molecule has 2 unspecified atom stereocenters. The van der Waals surface area contributed by atoms with E-state index < -0.39 is 11.9 Å². The van der Waals surface area contributed by atoms with Crippen molar-refractivity contribution in [1.82, 2.24) is 5.32 Å². The van der Waals surface area contributed by atoms with Crippen LogP contribution in [0.25, 0.3) is 0 Å². The summed E-state index contributed by atoms with van der Waals surface area (Å²) in [6, 6.07) is 0. The minimum absolute atomic E-state index is 0.0725. The third-order valence-electron chi connectivity index (χ3n) is 4.12. The van der Waals surface area contributed by atoms with Crippen LogP contribution in [0.2, 0.25) is 0 Å². The highest BCUT2D eigenvalue weighted by molar-refractivity contribution is 5.84. The third kappa shape index (κ3) is 4.00. The summed E-state index contributed by atoms with van der Waals surface area (Å²) in [5.74, 6) is -1.75. The van der Waals surface area contributed by atoms with Crippen molar-refractivity contribution >= 4 is 11.9 Å². The molecule has 0 aliphatic heterocycles. The van der Waals surface area contributed by atoms with E-state index in [0.29, 0.717) is 19.4 Å². The van der Waals surface area contributed by atoms with Gasteiger partial charge in [-0.1, -0.05) is 33.6 Å². The second-order valence-corrected chi connectivity index (χ2v) is 6.07. The van der Waals surface area contributed by atoms with Crippen LogP contribution in [0.3, 0.4) is 0 Å². The van der Waals surface area contributed by atoms with Crippen LogP contribution in [0.1, 0.15) is 52.9 Å². The molecule has 1 aliphatic rings. The molecular weight excluding hydrogens is 230 g/mol. The predicted octanol–water partition coefficient (Wildman–Crippen LogP) is 2.43. The van der Waals surface area contributed by atoms with Gasteiger partial charge in [0.2, 0.25) is 5.91 Å². The topological polar surface area (TPSA) is 66.4 Å².